The van der Waals surface area contributed by atoms with E-state index >= 15 is 0 Å². The first kappa shape index (κ1) is 29.0. The van der Waals surface area contributed by atoms with Gasteiger partial charge in [-0.25, -0.2) is 15.0 Å². The van der Waals surface area contributed by atoms with Crippen molar-refractivity contribution in [1.29, 1.82) is 0 Å². The van der Waals surface area contributed by atoms with Crippen LogP contribution in [0.2, 0.25) is 0 Å². The zero-order valence-electron chi connectivity index (χ0n) is 27.5. The third kappa shape index (κ3) is 4.88. The van der Waals surface area contributed by atoms with Gasteiger partial charge < -0.3 is 4.42 Å². The quantitative estimate of drug-likeness (QED) is 0.186. The summed E-state index contributed by atoms with van der Waals surface area (Å²) in [4.78, 5) is 15.0. The largest absolute Gasteiger partial charge is 0.455 e. The molecule has 0 aliphatic rings. The molecular formula is C47H29N3O. The van der Waals surface area contributed by atoms with Crippen LogP contribution in [0.5, 0.6) is 0 Å². The van der Waals surface area contributed by atoms with Gasteiger partial charge in [-0.3, -0.25) is 0 Å². The SMILES string of the molecule is c1ccc(-c2nc(-c3ccccc3)nc(-c3ccc(-c4cccc5oc6c(-c7ccccc7)c7ccccc7cc6c45)c4ccccc34)n2)cc1. The monoisotopic (exact) mass is 651 g/mol. The van der Waals surface area contributed by atoms with E-state index in [-0.39, 0.29) is 0 Å². The lowest BCUT2D eigenvalue weighted by atomic mass is 9.90. The molecule has 51 heavy (non-hydrogen) atoms. The van der Waals surface area contributed by atoms with Crippen LogP contribution in [0.15, 0.2) is 180 Å². The number of benzene rings is 8. The van der Waals surface area contributed by atoms with E-state index in [0.717, 1.165) is 71.7 Å². The molecule has 2 aromatic heterocycles. The Balaban J connectivity index is 1.22. The second kappa shape index (κ2) is 11.9. The summed E-state index contributed by atoms with van der Waals surface area (Å²) in [5.74, 6) is 1.92. The summed E-state index contributed by atoms with van der Waals surface area (Å²) in [6, 6.07) is 60.9. The number of hydrogen-bond acceptors (Lipinski definition) is 4. The topological polar surface area (TPSA) is 51.8 Å². The Kier molecular flexibility index (Phi) is 6.78. The maximum Gasteiger partial charge on any atom is 0.164 e. The maximum absolute atomic E-state index is 6.80. The highest BCUT2D eigenvalue weighted by Gasteiger charge is 2.21. The fourth-order valence-electron chi connectivity index (χ4n) is 7.40. The van der Waals surface area contributed by atoms with Gasteiger partial charge in [-0.2, -0.15) is 0 Å². The lowest BCUT2D eigenvalue weighted by Gasteiger charge is -2.14. The van der Waals surface area contributed by atoms with Gasteiger partial charge in [-0.05, 0) is 56.4 Å². The summed E-state index contributed by atoms with van der Waals surface area (Å²) in [5.41, 5.74) is 9.09. The van der Waals surface area contributed by atoms with E-state index in [1.165, 1.54) is 10.8 Å². The molecule has 0 amide bonds. The molecule has 2 heterocycles. The molecule has 0 fully saturated rings. The van der Waals surface area contributed by atoms with Crippen molar-refractivity contribution < 1.29 is 4.42 Å². The van der Waals surface area contributed by atoms with Crippen LogP contribution < -0.4 is 0 Å². The predicted octanol–water partition coefficient (Wildman–Crippen LogP) is 12.4. The van der Waals surface area contributed by atoms with Gasteiger partial charge in [-0.1, -0.05) is 158 Å². The molecule has 0 bridgehead atoms. The number of aromatic nitrogens is 3. The van der Waals surface area contributed by atoms with E-state index in [1.807, 2.05) is 60.7 Å². The van der Waals surface area contributed by atoms with Crippen LogP contribution in [0.25, 0.3) is 99.9 Å². The highest BCUT2D eigenvalue weighted by molar-refractivity contribution is 6.22. The number of hydrogen-bond donors (Lipinski definition) is 0. The smallest absolute Gasteiger partial charge is 0.164 e. The van der Waals surface area contributed by atoms with Crippen LogP contribution in [0, 0.1) is 0 Å². The first-order valence-electron chi connectivity index (χ1n) is 17.1. The van der Waals surface area contributed by atoms with Crippen LogP contribution in [-0.2, 0) is 0 Å². The summed E-state index contributed by atoms with van der Waals surface area (Å²) in [7, 11) is 0. The van der Waals surface area contributed by atoms with Crippen molar-refractivity contribution in [3.63, 3.8) is 0 Å². The molecule has 0 spiro atoms. The Morgan fingerprint density at radius 3 is 1.55 bits per heavy atom. The number of rotatable bonds is 5. The summed E-state index contributed by atoms with van der Waals surface area (Å²) in [6.07, 6.45) is 0. The highest BCUT2D eigenvalue weighted by atomic mass is 16.3. The average molecular weight is 652 g/mol. The Hall–Kier alpha value is -6.91. The molecule has 8 aromatic carbocycles. The standard InChI is InChI=1S/C47H29N3O/c1-4-15-30(16-5-1)42-34-22-11-10-21-33(34)29-40-43-38(25-14-26-41(43)51-44(40)42)37-27-28-39(36-24-13-12-23-35(36)37)47-49-45(31-17-6-2-7-18-31)48-46(50-47)32-19-8-3-9-20-32/h1-29H. The predicted molar refractivity (Wildman–Crippen MR) is 209 cm³/mol. The molecule has 10 rings (SSSR count). The molecule has 10 aromatic rings. The normalized spacial score (nSPS) is 11.5. The first-order chi connectivity index (χ1) is 25.3. The lowest BCUT2D eigenvalue weighted by molar-refractivity contribution is 0.670. The summed E-state index contributed by atoms with van der Waals surface area (Å²) in [5, 5.41) is 6.74. The van der Waals surface area contributed by atoms with Crippen molar-refractivity contribution in [2.24, 2.45) is 0 Å². The minimum atomic E-state index is 0.636. The van der Waals surface area contributed by atoms with E-state index in [0.29, 0.717) is 17.5 Å². The van der Waals surface area contributed by atoms with Gasteiger partial charge in [-0.15, -0.1) is 0 Å². The molecule has 0 N–H and O–H groups in total. The van der Waals surface area contributed by atoms with E-state index in [9.17, 15) is 0 Å². The number of fused-ring (bicyclic) bond motifs is 5. The fourth-order valence-corrected chi connectivity index (χ4v) is 7.40. The van der Waals surface area contributed by atoms with Crippen molar-refractivity contribution >= 4 is 43.5 Å². The van der Waals surface area contributed by atoms with Crippen LogP contribution in [0.1, 0.15) is 0 Å². The van der Waals surface area contributed by atoms with Gasteiger partial charge in [0.15, 0.2) is 17.5 Å². The summed E-state index contributed by atoms with van der Waals surface area (Å²) in [6.45, 7) is 0. The van der Waals surface area contributed by atoms with Gasteiger partial charge in [0.05, 0.1) is 0 Å². The molecule has 0 aliphatic carbocycles. The minimum absolute atomic E-state index is 0.636. The van der Waals surface area contributed by atoms with E-state index < -0.39 is 0 Å². The Morgan fingerprint density at radius 2 is 0.882 bits per heavy atom. The Bertz CT molecular complexity index is 2840. The number of nitrogens with zero attached hydrogens (tertiary/aromatic N) is 3. The molecule has 0 atom stereocenters. The summed E-state index contributed by atoms with van der Waals surface area (Å²) >= 11 is 0. The maximum atomic E-state index is 6.80. The fraction of sp³-hybridized carbons (Fsp3) is 0. The second-order valence-corrected chi connectivity index (χ2v) is 12.7. The van der Waals surface area contributed by atoms with Crippen molar-refractivity contribution in [3.05, 3.63) is 176 Å². The second-order valence-electron chi connectivity index (χ2n) is 12.7. The third-order valence-corrected chi connectivity index (χ3v) is 9.73. The molecule has 0 unspecified atom stereocenters. The number of furan rings is 1. The third-order valence-electron chi connectivity index (χ3n) is 9.73. The first-order valence-corrected chi connectivity index (χ1v) is 17.1. The van der Waals surface area contributed by atoms with Gasteiger partial charge in [0.2, 0.25) is 0 Å². The Labute approximate surface area is 294 Å². The zero-order valence-corrected chi connectivity index (χ0v) is 27.5. The van der Waals surface area contributed by atoms with Crippen LogP contribution in [0.3, 0.4) is 0 Å². The van der Waals surface area contributed by atoms with Crippen molar-refractivity contribution in [1.82, 2.24) is 15.0 Å². The average Bonchev–Trinajstić information content (AvgIpc) is 3.58. The molecule has 238 valence electrons. The van der Waals surface area contributed by atoms with Gasteiger partial charge in [0, 0.05) is 33.0 Å². The zero-order chi connectivity index (χ0) is 33.7. The lowest BCUT2D eigenvalue weighted by Crippen LogP contribution is -2.00. The van der Waals surface area contributed by atoms with Crippen LogP contribution in [0.4, 0.5) is 0 Å². The van der Waals surface area contributed by atoms with Crippen LogP contribution in [-0.4, -0.2) is 15.0 Å². The molecule has 4 heteroatoms. The van der Waals surface area contributed by atoms with Crippen molar-refractivity contribution in [2.75, 3.05) is 0 Å². The molecule has 0 saturated carbocycles. The molecule has 0 saturated heterocycles. The van der Waals surface area contributed by atoms with E-state index in [1.54, 1.807) is 0 Å². The minimum Gasteiger partial charge on any atom is -0.455 e. The van der Waals surface area contributed by atoms with Crippen molar-refractivity contribution in [3.8, 4) is 56.4 Å². The van der Waals surface area contributed by atoms with Gasteiger partial charge >= 0.3 is 0 Å². The molecule has 0 radical (unpaired) electrons. The van der Waals surface area contributed by atoms with Crippen molar-refractivity contribution in [2.45, 2.75) is 0 Å². The van der Waals surface area contributed by atoms with E-state index in [2.05, 4.69) is 115 Å². The van der Waals surface area contributed by atoms with Gasteiger partial charge in [0.25, 0.3) is 0 Å². The summed E-state index contributed by atoms with van der Waals surface area (Å²) < 4.78 is 6.80. The van der Waals surface area contributed by atoms with Crippen LogP contribution >= 0.6 is 0 Å². The Morgan fingerprint density at radius 1 is 0.353 bits per heavy atom. The van der Waals surface area contributed by atoms with E-state index in [4.69, 9.17) is 19.4 Å². The highest BCUT2D eigenvalue weighted by Crippen LogP contribution is 2.45. The molecule has 0 aliphatic heterocycles. The van der Waals surface area contributed by atoms with Gasteiger partial charge in [0.1, 0.15) is 11.2 Å². The molecular weight excluding hydrogens is 623 g/mol. The molecule has 4 nitrogen and oxygen atoms in total.